The van der Waals surface area contributed by atoms with Crippen molar-refractivity contribution in [3.05, 3.63) is 0 Å². The van der Waals surface area contributed by atoms with Gasteiger partial charge in [-0.1, -0.05) is 39.0 Å². The van der Waals surface area contributed by atoms with E-state index in [0.717, 1.165) is 12.8 Å². The summed E-state index contributed by atoms with van der Waals surface area (Å²) in [6.07, 6.45) is 6.34. The molecular weight excluding hydrogens is 216 g/mol. The van der Waals surface area contributed by atoms with Gasteiger partial charge in [-0.2, -0.15) is 8.42 Å². The summed E-state index contributed by atoms with van der Waals surface area (Å²) in [5, 5.41) is 0. The van der Waals surface area contributed by atoms with Crippen LogP contribution in [0.25, 0.3) is 0 Å². The van der Waals surface area contributed by atoms with Crippen LogP contribution in [0, 0.1) is 0 Å². The second-order valence-electron chi connectivity index (χ2n) is 3.02. The van der Waals surface area contributed by atoms with Crippen LogP contribution in [0.4, 0.5) is 0 Å². The number of hydrogen-bond donors (Lipinski definition) is 1. The van der Waals surface area contributed by atoms with Crippen LogP contribution in [0.15, 0.2) is 0 Å². The molecule has 0 aliphatic rings. The standard InChI is InChI=1S/C8H18O4S.Mg/c1-2-3-4-5-6-7-8-12-13(9,10)11;/h2-8H2,1H3,(H,9,10,11);/q;+2. The van der Waals surface area contributed by atoms with Gasteiger partial charge in [0.05, 0.1) is 6.61 Å². The molecule has 0 saturated heterocycles. The van der Waals surface area contributed by atoms with Gasteiger partial charge < -0.3 is 0 Å². The molecule has 4 nitrogen and oxygen atoms in total. The van der Waals surface area contributed by atoms with Crippen LogP contribution in [0.1, 0.15) is 45.4 Å². The fraction of sp³-hybridized carbons (Fsp3) is 1.00. The Morgan fingerprint density at radius 3 is 2.07 bits per heavy atom. The second-order valence-corrected chi connectivity index (χ2v) is 4.11. The molecule has 0 aromatic rings. The Balaban J connectivity index is 0. The SMILES string of the molecule is CCCCCCCCOS(=O)(=O)O.[Mg+2]. The first kappa shape index (κ1) is 17.0. The Bertz CT molecular complexity index is 203. The topological polar surface area (TPSA) is 63.6 Å². The fourth-order valence-corrected chi connectivity index (χ4v) is 1.38. The van der Waals surface area contributed by atoms with E-state index in [0.29, 0.717) is 6.42 Å². The van der Waals surface area contributed by atoms with E-state index in [4.69, 9.17) is 4.55 Å². The van der Waals surface area contributed by atoms with Gasteiger partial charge in [0.1, 0.15) is 0 Å². The molecule has 0 unspecified atom stereocenters. The number of rotatable bonds is 8. The Kier molecular flexibility index (Phi) is 12.4. The summed E-state index contributed by atoms with van der Waals surface area (Å²) in [7, 11) is -4.22. The normalized spacial score (nSPS) is 11.0. The fourth-order valence-electron chi connectivity index (χ4n) is 1.05. The minimum absolute atomic E-state index is 0. The predicted molar refractivity (Wildman–Crippen MR) is 56.6 cm³/mol. The molecule has 0 aliphatic heterocycles. The largest absolute Gasteiger partial charge is 2.00 e. The van der Waals surface area contributed by atoms with E-state index in [1.54, 1.807) is 0 Å². The van der Waals surface area contributed by atoms with Crippen LogP contribution in [-0.4, -0.2) is 42.6 Å². The smallest absolute Gasteiger partial charge is 0.264 e. The van der Waals surface area contributed by atoms with Crippen LogP contribution in [-0.2, 0) is 14.6 Å². The Morgan fingerprint density at radius 1 is 1.07 bits per heavy atom. The van der Waals surface area contributed by atoms with E-state index in [9.17, 15) is 8.42 Å². The molecule has 80 valence electrons. The van der Waals surface area contributed by atoms with Gasteiger partial charge in [-0.05, 0) is 6.42 Å². The first-order valence-electron chi connectivity index (χ1n) is 4.68. The van der Waals surface area contributed by atoms with Gasteiger partial charge in [0.15, 0.2) is 0 Å². The minimum atomic E-state index is -4.22. The molecule has 0 aromatic heterocycles. The van der Waals surface area contributed by atoms with Gasteiger partial charge in [0, 0.05) is 0 Å². The van der Waals surface area contributed by atoms with Crippen molar-refractivity contribution >= 4 is 33.5 Å². The molecule has 0 aromatic carbocycles. The van der Waals surface area contributed by atoms with E-state index in [2.05, 4.69) is 11.1 Å². The summed E-state index contributed by atoms with van der Waals surface area (Å²) in [5.41, 5.74) is 0. The van der Waals surface area contributed by atoms with Crippen molar-refractivity contribution in [1.29, 1.82) is 0 Å². The zero-order valence-electron chi connectivity index (χ0n) is 8.74. The molecule has 0 fully saturated rings. The number of hydrogen-bond acceptors (Lipinski definition) is 3. The molecule has 0 rings (SSSR count). The van der Waals surface area contributed by atoms with Gasteiger partial charge in [-0.25, -0.2) is 4.18 Å². The molecule has 14 heavy (non-hydrogen) atoms. The third kappa shape index (κ3) is 15.1. The summed E-state index contributed by atoms with van der Waals surface area (Å²) in [5.74, 6) is 0. The maximum atomic E-state index is 10.1. The molecule has 0 bridgehead atoms. The molecule has 0 atom stereocenters. The van der Waals surface area contributed by atoms with E-state index in [1.165, 1.54) is 19.3 Å². The Hall–Kier alpha value is 0.636. The van der Waals surface area contributed by atoms with Crippen molar-refractivity contribution in [3.63, 3.8) is 0 Å². The summed E-state index contributed by atoms with van der Waals surface area (Å²) in [6, 6.07) is 0. The zero-order chi connectivity index (χ0) is 10.2. The molecular formula is C8H18MgO4S+2. The first-order chi connectivity index (χ1) is 6.06. The monoisotopic (exact) mass is 234 g/mol. The van der Waals surface area contributed by atoms with Gasteiger partial charge >= 0.3 is 33.5 Å². The van der Waals surface area contributed by atoms with E-state index >= 15 is 0 Å². The Labute approximate surface area is 103 Å². The van der Waals surface area contributed by atoms with Crippen molar-refractivity contribution in [2.45, 2.75) is 45.4 Å². The van der Waals surface area contributed by atoms with Crippen molar-refractivity contribution in [1.82, 2.24) is 0 Å². The average molecular weight is 235 g/mol. The van der Waals surface area contributed by atoms with Crippen molar-refractivity contribution in [2.24, 2.45) is 0 Å². The van der Waals surface area contributed by atoms with Gasteiger partial charge in [0.2, 0.25) is 0 Å². The van der Waals surface area contributed by atoms with Gasteiger partial charge in [-0.3, -0.25) is 4.55 Å². The first-order valence-corrected chi connectivity index (χ1v) is 6.04. The molecule has 0 saturated carbocycles. The molecule has 6 heteroatoms. The molecule has 0 aliphatic carbocycles. The maximum absolute atomic E-state index is 10.1. The summed E-state index contributed by atoms with van der Waals surface area (Å²) in [6.45, 7) is 2.23. The third-order valence-electron chi connectivity index (χ3n) is 1.73. The molecule has 0 amide bonds. The van der Waals surface area contributed by atoms with Gasteiger partial charge in [-0.15, -0.1) is 0 Å². The van der Waals surface area contributed by atoms with Crippen LogP contribution in [0.5, 0.6) is 0 Å². The Morgan fingerprint density at radius 2 is 1.57 bits per heavy atom. The van der Waals surface area contributed by atoms with Gasteiger partial charge in [0.25, 0.3) is 0 Å². The quantitative estimate of drug-likeness (QED) is 0.395. The summed E-state index contributed by atoms with van der Waals surface area (Å²) in [4.78, 5) is 0. The average Bonchev–Trinajstić information content (AvgIpc) is 2.01. The maximum Gasteiger partial charge on any atom is 2.00 e. The molecule has 0 spiro atoms. The minimum Gasteiger partial charge on any atom is -0.264 e. The molecule has 0 radical (unpaired) electrons. The van der Waals surface area contributed by atoms with E-state index in [-0.39, 0.29) is 29.7 Å². The van der Waals surface area contributed by atoms with Crippen LogP contribution in [0.3, 0.4) is 0 Å². The van der Waals surface area contributed by atoms with E-state index in [1.807, 2.05) is 0 Å². The number of unbranched alkanes of at least 4 members (excludes halogenated alkanes) is 5. The van der Waals surface area contributed by atoms with E-state index < -0.39 is 10.4 Å². The molecule has 0 heterocycles. The zero-order valence-corrected chi connectivity index (χ0v) is 11.0. The third-order valence-corrected chi connectivity index (χ3v) is 2.19. The van der Waals surface area contributed by atoms with Crippen LogP contribution in [0.2, 0.25) is 0 Å². The summed E-state index contributed by atoms with van der Waals surface area (Å²) >= 11 is 0. The predicted octanol–water partition coefficient (Wildman–Crippen LogP) is 1.79. The second kappa shape index (κ2) is 10.2. The molecule has 1 N–H and O–H groups in total. The van der Waals surface area contributed by atoms with Crippen molar-refractivity contribution in [2.75, 3.05) is 6.61 Å². The summed E-state index contributed by atoms with van der Waals surface area (Å²) < 4.78 is 32.6. The van der Waals surface area contributed by atoms with Crippen LogP contribution >= 0.6 is 0 Å². The van der Waals surface area contributed by atoms with Crippen LogP contribution < -0.4 is 0 Å². The van der Waals surface area contributed by atoms with Crippen molar-refractivity contribution < 1.29 is 17.2 Å². The van der Waals surface area contributed by atoms with Crippen molar-refractivity contribution in [3.8, 4) is 0 Å².